The summed E-state index contributed by atoms with van der Waals surface area (Å²) >= 11 is 7.28. The smallest absolute Gasteiger partial charge is 0.277 e. The maximum absolute atomic E-state index is 12.5. The molecule has 3 heterocycles. The van der Waals surface area contributed by atoms with Crippen molar-refractivity contribution in [2.45, 2.75) is 36.3 Å². The number of amides is 1. The monoisotopic (exact) mass is 494 g/mol. The third kappa shape index (κ3) is 5.09. The van der Waals surface area contributed by atoms with E-state index in [-0.39, 0.29) is 17.3 Å². The lowest BCUT2D eigenvalue weighted by molar-refractivity contribution is -0.120. The van der Waals surface area contributed by atoms with Gasteiger partial charge in [-0.3, -0.25) is 4.79 Å². The lowest BCUT2D eigenvalue weighted by Gasteiger charge is -2.13. The van der Waals surface area contributed by atoms with Gasteiger partial charge in [-0.25, -0.2) is 4.98 Å². The van der Waals surface area contributed by atoms with Crippen LogP contribution in [0.25, 0.3) is 33.6 Å². The van der Waals surface area contributed by atoms with Gasteiger partial charge in [-0.1, -0.05) is 53.7 Å². The average molecular weight is 495 g/mol. The molecule has 174 valence electrons. The summed E-state index contributed by atoms with van der Waals surface area (Å²) in [5.74, 6) is 0.294. The first kappa shape index (κ1) is 22.8. The zero-order chi connectivity index (χ0) is 23.5. The highest BCUT2D eigenvalue weighted by atomic mass is 35.5. The molecule has 34 heavy (non-hydrogen) atoms. The average Bonchev–Trinajstić information content (AvgIpc) is 3.54. The summed E-state index contributed by atoms with van der Waals surface area (Å²) < 4.78 is 11.5. The van der Waals surface area contributed by atoms with Crippen molar-refractivity contribution in [2.24, 2.45) is 0 Å². The topological polar surface area (TPSA) is 90.1 Å². The Labute approximate surface area is 206 Å². The van der Waals surface area contributed by atoms with E-state index in [1.54, 1.807) is 0 Å². The molecule has 0 bridgehead atoms. The molecule has 1 N–H and O–H groups in total. The molecule has 4 aromatic rings. The molecule has 0 radical (unpaired) electrons. The van der Waals surface area contributed by atoms with Crippen molar-refractivity contribution >= 4 is 40.2 Å². The molecule has 2 unspecified atom stereocenters. The van der Waals surface area contributed by atoms with Crippen molar-refractivity contribution in [1.29, 1.82) is 0 Å². The zero-order valence-corrected chi connectivity index (χ0v) is 20.1. The molecular weight excluding hydrogens is 472 g/mol. The Kier molecular flexibility index (Phi) is 6.80. The number of nitrogens with zero attached hydrogens (tertiary/aromatic N) is 3. The summed E-state index contributed by atoms with van der Waals surface area (Å²) in [5.41, 5.74) is 3.31. The first-order valence-electron chi connectivity index (χ1n) is 11.1. The largest absolute Gasteiger partial charge is 0.411 e. The maximum atomic E-state index is 12.5. The van der Waals surface area contributed by atoms with Crippen LogP contribution in [0, 0.1) is 0 Å². The van der Waals surface area contributed by atoms with E-state index in [0.29, 0.717) is 22.7 Å². The molecule has 2 aromatic carbocycles. The van der Waals surface area contributed by atoms with Gasteiger partial charge in [0, 0.05) is 29.1 Å². The number of halogens is 1. The van der Waals surface area contributed by atoms with Crippen LogP contribution in [-0.2, 0) is 9.53 Å². The third-order valence-corrected chi connectivity index (χ3v) is 6.85. The number of fused-ring (bicyclic) bond motifs is 1. The number of hydrogen-bond acceptors (Lipinski definition) is 7. The molecule has 5 rings (SSSR count). The van der Waals surface area contributed by atoms with Gasteiger partial charge in [0.25, 0.3) is 5.22 Å². The van der Waals surface area contributed by atoms with Crippen LogP contribution >= 0.6 is 23.4 Å². The number of thioether (sulfide) groups is 1. The number of hydrogen-bond donors (Lipinski definition) is 1. The van der Waals surface area contributed by atoms with Crippen molar-refractivity contribution in [2.75, 3.05) is 13.2 Å². The highest BCUT2D eigenvalue weighted by molar-refractivity contribution is 8.00. The SMILES string of the molecule is CC(Sc1nnc(-c2cc(-c3ccc(Cl)cc3)nc3ccccc23)o1)C(=O)NCC1CCCO1. The molecule has 2 aromatic heterocycles. The van der Waals surface area contributed by atoms with E-state index in [0.717, 1.165) is 47.2 Å². The molecule has 1 amide bonds. The lowest BCUT2D eigenvalue weighted by atomic mass is 10.0. The predicted octanol–water partition coefficient (Wildman–Crippen LogP) is 5.38. The first-order chi connectivity index (χ1) is 16.6. The van der Waals surface area contributed by atoms with E-state index < -0.39 is 0 Å². The Morgan fingerprint density at radius 2 is 2.03 bits per heavy atom. The Morgan fingerprint density at radius 1 is 1.21 bits per heavy atom. The summed E-state index contributed by atoms with van der Waals surface area (Å²) in [4.78, 5) is 17.3. The zero-order valence-electron chi connectivity index (χ0n) is 18.5. The molecule has 0 spiro atoms. The number of carbonyl (C=O) groups is 1. The highest BCUT2D eigenvalue weighted by Crippen LogP contribution is 2.33. The van der Waals surface area contributed by atoms with E-state index >= 15 is 0 Å². The van der Waals surface area contributed by atoms with Crippen molar-refractivity contribution in [3.05, 3.63) is 59.6 Å². The predicted molar refractivity (Wildman–Crippen MR) is 133 cm³/mol. The number of rotatable bonds is 7. The Bertz CT molecular complexity index is 1310. The van der Waals surface area contributed by atoms with Crippen LogP contribution in [0.2, 0.25) is 5.02 Å². The minimum Gasteiger partial charge on any atom is -0.411 e. The molecule has 0 aliphatic carbocycles. The second kappa shape index (κ2) is 10.1. The molecular formula is C25H23ClN4O3S. The van der Waals surface area contributed by atoms with E-state index in [1.165, 1.54) is 11.8 Å². The normalized spacial score (nSPS) is 16.6. The molecule has 1 fully saturated rings. The van der Waals surface area contributed by atoms with Crippen LogP contribution in [0.5, 0.6) is 0 Å². The van der Waals surface area contributed by atoms with Gasteiger partial charge in [0.05, 0.1) is 28.1 Å². The van der Waals surface area contributed by atoms with Gasteiger partial charge >= 0.3 is 0 Å². The number of ether oxygens (including phenoxy) is 1. The van der Waals surface area contributed by atoms with Crippen LogP contribution < -0.4 is 5.32 Å². The summed E-state index contributed by atoms with van der Waals surface area (Å²) in [6.07, 6.45) is 2.12. The first-order valence-corrected chi connectivity index (χ1v) is 12.4. The summed E-state index contributed by atoms with van der Waals surface area (Å²) in [5, 5.41) is 12.9. The van der Waals surface area contributed by atoms with Crippen molar-refractivity contribution < 1.29 is 13.9 Å². The number of nitrogens with one attached hydrogen (secondary N) is 1. The molecule has 2 atom stereocenters. The number of aromatic nitrogens is 3. The Morgan fingerprint density at radius 3 is 2.82 bits per heavy atom. The van der Waals surface area contributed by atoms with Crippen molar-refractivity contribution in [3.8, 4) is 22.7 Å². The van der Waals surface area contributed by atoms with Crippen LogP contribution in [0.4, 0.5) is 0 Å². The quantitative estimate of drug-likeness (QED) is 0.345. The minimum absolute atomic E-state index is 0.0837. The fourth-order valence-corrected chi connectivity index (χ4v) is 4.69. The number of benzene rings is 2. The fraction of sp³-hybridized carbons (Fsp3) is 0.280. The van der Waals surface area contributed by atoms with Gasteiger partial charge in [-0.15, -0.1) is 10.2 Å². The Hall–Kier alpha value is -2.94. The summed E-state index contributed by atoms with van der Waals surface area (Å²) in [6.45, 7) is 3.11. The molecule has 0 saturated carbocycles. The minimum atomic E-state index is -0.381. The number of carbonyl (C=O) groups excluding carboxylic acids is 1. The van der Waals surface area contributed by atoms with Gasteiger partial charge in [0.2, 0.25) is 11.8 Å². The second-order valence-corrected chi connectivity index (χ2v) is 9.82. The molecule has 1 aliphatic heterocycles. The Balaban J connectivity index is 1.37. The highest BCUT2D eigenvalue weighted by Gasteiger charge is 2.22. The van der Waals surface area contributed by atoms with Crippen LogP contribution in [0.3, 0.4) is 0 Å². The summed E-state index contributed by atoms with van der Waals surface area (Å²) in [6, 6.07) is 17.3. The molecule has 1 saturated heterocycles. The summed E-state index contributed by atoms with van der Waals surface area (Å²) in [7, 11) is 0. The maximum Gasteiger partial charge on any atom is 0.277 e. The molecule has 1 aliphatic rings. The third-order valence-electron chi connectivity index (χ3n) is 5.67. The fourth-order valence-electron chi connectivity index (χ4n) is 3.86. The molecule has 9 heteroatoms. The van der Waals surface area contributed by atoms with Gasteiger partial charge in [0.1, 0.15) is 0 Å². The van der Waals surface area contributed by atoms with Crippen LogP contribution in [-0.4, -0.2) is 45.6 Å². The number of pyridine rings is 1. The van der Waals surface area contributed by atoms with Gasteiger partial charge in [0.15, 0.2) is 0 Å². The van der Waals surface area contributed by atoms with Gasteiger partial charge < -0.3 is 14.5 Å². The number of para-hydroxylation sites is 1. The van der Waals surface area contributed by atoms with Crippen LogP contribution in [0.1, 0.15) is 19.8 Å². The lowest BCUT2D eigenvalue weighted by Crippen LogP contribution is -2.36. The van der Waals surface area contributed by atoms with Gasteiger partial charge in [-0.05, 0) is 44.0 Å². The van der Waals surface area contributed by atoms with E-state index in [2.05, 4.69) is 15.5 Å². The van der Waals surface area contributed by atoms with Crippen LogP contribution in [0.15, 0.2) is 64.2 Å². The standard InChI is InChI=1S/C25H23ClN4O3S/c1-15(23(31)27-14-18-5-4-12-32-18)34-25-30-29-24(33-25)20-13-22(16-8-10-17(26)11-9-16)28-21-7-3-2-6-19(20)21/h2-3,6-11,13,15,18H,4-5,12,14H2,1H3,(H,27,31). The van der Waals surface area contributed by atoms with E-state index in [9.17, 15) is 4.79 Å². The van der Waals surface area contributed by atoms with E-state index in [4.69, 9.17) is 25.7 Å². The van der Waals surface area contributed by atoms with Gasteiger partial charge in [-0.2, -0.15) is 0 Å². The van der Waals surface area contributed by atoms with E-state index in [1.807, 2.05) is 61.5 Å². The van der Waals surface area contributed by atoms with Crippen molar-refractivity contribution in [1.82, 2.24) is 20.5 Å². The second-order valence-electron chi connectivity index (χ2n) is 8.09. The molecule has 7 nitrogen and oxygen atoms in total. The van der Waals surface area contributed by atoms with Crippen molar-refractivity contribution in [3.63, 3.8) is 0 Å².